The molecule has 0 amide bonds. The number of hydrogen-bond acceptors (Lipinski definition) is 3. The molecule has 0 saturated carbocycles. The summed E-state index contributed by atoms with van der Waals surface area (Å²) >= 11 is 9.24. The number of hydrogen-bond donors (Lipinski definition) is 0. The zero-order valence-corrected chi connectivity index (χ0v) is 11.3. The highest BCUT2D eigenvalue weighted by Gasteiger charge is 2.31. The van der Waals surface area contributed by atoms with Crippen LogP contribution >= 0.6 is 27.5 Å². The van der Waals surface area contributed by atoms with Gasteiger partial charge in [-0.15, -0.1) is 0 Å². The first-order valence-electron chi connectivity index (χ1n) is 5.19. The van der Waals surface area contributed by atoms with Crippen LogP contribution in [0.1, 0.15) is 16.8 Å². The molecule has 0 N–H and O–H groups in total. The Morgan fingerprint density at radius 1 is 1.47 bits per heavy atom. The maximum atomic E-state index is 12.2. The Kier molecular flexibility index (Phi) is 3.97. The molecule has 0 aliphatic carbocycles. The Morgan fingerprint density at radius 3 is 2.94 bits per heavy atom. The van der Waals surface area contributed by atoms with E-state index in [-0.39, 0.29) is 18.2 Å². The fraction of sp³-hybridized carbons (Fsp3) is 0.333. The molecule has 5 heteroatoms. The molecule has 17 heavy (non-hydrogen) atoms. The van der Waals surface area contributed by atoms with Crippen molar-refractivity contribution >= 4 is 39.1 Å². The maximum Gasteiger partial charge on any atom is 0.177 e. The Bertz CT molecular complexity index is 473. The first-order chi connectivity index (χ1) is 8.09. The molecule has 1 saturated heterocycles. The maximum absolute atomic E-state index is 12.2. The molecule has 1 aromatic carbocycles. The van der Waals surface area contributed by atoms with E-state index in [2.05, 4.69) is 15.9 Å². The minimum atomic E-state index is -0.712. The summed E-state index contributed by atoms with van der Waals surface area (Å²) in [5, 5.41) is 0.358. The molecule has 1 aromatic rings. The molecule has 0 bridgehead atoms. The van der Waals surface area contributed by atoms with Crippen molar-refractivity contribution in [3.8, 4) is 0 Å². The molecule has 0 aromatic heterocycles. The lowest BCUT2D eigenvalue weighted by Gasteiger charge is -2.20. The van der Waals surface area contributed by atoms with E-state index >= 15 is 0 Å². The molecule has 1 heterocycles. The van der Waals surface area contributed by atoms with Crippen LogP contribution in [0.4, 0.5) is 0 Å². The van der Waals surface area contributed by atoms with Crippen LogP contribution in [-0.2, 0) is 9.53 Å². The van der Waals surface area contributed by atoms with Crippen LogP contribution < -0.4 is 0 Å². The van der Waals surface area contributed by atoms with Crippen molar-refractivity contribution in [3.63, 3.8) is 0 Å². The molecule has 1 unspecified atom stereocenters. The largest absolute Gasteiger partial charge is 0.380 e. The number of ketones is 2. The van der Waals surface area contributed by atoms with Crippen LogP contribution in [0, 0.1) is 5.92 Å². The van der Waals surface area contributed by atoms with Crippen LogP contribution in [0.5, 0.6) is 0 Å². The third-order valence-electron chi connectivity index (χ3n) is 2.68. The molecule has 2 rings (SSSR count). The van der Waals surface area contributed by atoms with Gasteiger partial charge in [0, 0.05) is 16.5 Å². The molecule has 0 radical (unpaired) electrons. The van der Waals surface area contributed by atoms with Crippen molar-refractivity contribution < 1.29 is 14.3 Å². The Labute approximate surface area is 112 Å². The number of ether oxygens (including phenoxy) is 1. The molecule has 1 aliphatic heterocycles. The fourth-order valence-corrected chi connectivity index (χ4v) is 2.31. The standard InChI is InChI=1S/C12H10BrClO3/c13-7-1-2-10(14)8(5-7)12(16)9-6-17-4-3-11(9)15/h1-2,5,9H,3-4,6H2. The van der Waals surface area contributed by atoms with E-state index in [1.807, 2.05) is 0 Å². The van der Waals surface area contributed by atoms with Crippen molar-refractivity contribution in [2.45, 2.75) is 6.42 Å². The van der Waals surface area contributed by atoms with E-state index in [0.717, 1.165) is 4.47 Å². The first-order valence-corrected chi connectivity index (χ1v) is 6.36. The highest BCUT2D eigenvalue weighted by molar-refractivity contribution is 9.10. The lowest BCUT2D eigenvalue weighted by atomic mass is 9.91. The van der Waals surface area contributed by atoms with Gasteiger partial charge in [-0.1, -0.05) is 27.5 Å². The van der Waals surface area contributed by atoms with Gasteiger partial charge >= 0.3 is 0 Å². The molecule has 0 spiro atoms. The molecule has 1 aliphatic rings. The van der Waals surface area contributed by atoms with Crippen molar-refractivity contribution in [1.29, 1.82) is 0 Å². The molecule has 90 valence electrons. The second kappa shape index (κ2) is 5.29. The number of Topliss-reactive ketones (excluding diaryl/α,β-unsaturated/α-hetero) is 2. The number of rotatable bonds is 2. The van der Waals surface area contributed by atoms with Crippen LogP contribution in [0.15, 0.2) is 22.7 Å². The summed E-state index contributed by atoms with van der Waals surface area (Å²) in [6.45, 7) is 0.551. The number of carbonyl (C=O) groups is 2. The second-order valence-electron chi connectivity index (χ2n) is 3.83. The molecule has 1 fully saturated rings. The molecular weight excluding hydrogens is 307 g/mol. The highest BCUT2D eigenvalue weighted by atomic mass is 79.9. The zero-order valence-electron chi connectivity index (χ0n) is 8.91. The van der Waals surface area contributed by atoms with Gasteiger partial charge in [0.15, 0.2) is 5.78 Å². The summed E-state index contributed by atoms with van der Waals surface area (Å²) in [5.74, 6) is -1.05. The molecule has 3 nitrogen and oxygen atoms in total. The minimum absolute atomic E-state index is 0.0720. The predicted molar refractivity (Wildman–Crippen MR) is 67.4 cm³/mol. The van der Waals surface area contributed by atoms with Gasteiger partial charge in [-0.25, -0.2) is 0 Å². The third kappa shape index (κ3) is 2.76. The highest BCUT2D eigenvalue weighted by Crippen LogP contribution is 2.25. The van der Waals surface area contributed by atoms with Gasteiger partial charge in [-0.3, -0.25) is 9.59 Å². The molecule has 1 atom stereocenters. The summed E-state index contributed by atoms with van der Waals surface area (Å²) < 4.78 is 5.93. The normalized spacial score (nSPS) is 20.4. The number of halogens is 2. The smallest absolute Gasteiger partial charge is 0.177 e. The van der Waals surface area contributed by atoms with Gasteiger partial charge in [0.05, 0.1) is 18.2 Å². The summed E-state index contributed by atoms with van der Waals surface area (Å²) in [4.78, 5) is 23.8. The van der Waals surface area contributed by atoms with Gasteiger partial charge < -0.3 is 4.74 Å². The lowest BCUT2D eigenvalue weighted by molar-refractivity contribution is -0.128. The second-order valence-corrected chi connectivity index (χ2v) is 5.16. The van der Waals surface area contributed by atoms with Crippen LogP contribution in [0.2, 0.25) is 5.02 Å². The van der Waals surface area contributed by atoms with Crippen LogP contribution in [-0.4, -0.2) is 24.8 Å². The van der Waals surface area contributed by atoms with Crippen LogP contribution in [0.3, 0.4) is 0 Å². The van der Waals surface area contributed by atoms with Gasteiger partial charge in [-0.2, -0.15) is 0 Å². The zero-order chi connectivity index (χ0) is 12.4. The van der Waals surface area contributed by atoms with Gasteiger partial charge in [0.2, 0.25) is 0 Å². The SMILES string of the molecule is O=C1CCOCC1C(=O)c1cc(Br)ccc1Cl. The average molecular weight is 318 g/mol. The predicted octanol–water partition coefficient (Wildman–Crippen LogP) is 2.89. The summed E-state index contributed by atoms with van der Waals surface area (Å²) in [6.07, 6.45) is 0.294. The van der Waals surface area contributed by atoms with Gasteiger partial charge in [0.25, 0.3) is 0 Å². The monoisotopic (exact) mass is 316 g/mol. The average Bonchev–Trinajstić information content (AvgIpc) is 2.32. The fourth-order valence-electron chi connectivity index (χ4n) is 1.74. The van der Waals surface area contributed by atoms with E-state index in [0.29, 0.717) is 23.6 Å². The Balaban J connectivity index is 2.29. The van der Waals surface area contributed by atoms with E-state index < -0.39 is 5.92 Å². The Morgan fingerprint density at radius 2 is 2.24 bits per heavy atom. The van der Waals surface area contributed by atoms with Crippen molar-refractivity contribution in [2.24, 2.45) is 5.92 Å². The van der Waals surface area contributed by atoms with Crippen LogP contribution in [0.25, 0.3) is 0 Å². The number of carbonyl (C=O) groups excluding carboxylic acids is 2. The van der Waals surface area contributed by atoms with Crippen molar-refractivity contribution in [1.82, 2.24) is 0 Å². The third-order valence-corrected chi connectivity index (χ3v) is 3.50. The number of benzene rings is 1. The van der Waals surface area contributed by atoms with E-state index in [4.69, 9.17) is 16.3 Å². The quantitative estimate of drug-likeness (QED) is 0.622. The molecular formula is C12H10BrClO3. The van der Waals surface area contributed by atoms with Gasteiger partial charge in [-0.05, 0) is 18.2 Å². The van der Waals surface area contributed by atoms with E-state index in [1.54, 1.807) is 18.2 Å². The van der Waals surface area contributed by atoms with Gasteiger partial charge in [0.1, 0.15) is 11.7 Å². The summed E-state index contributed by atoms with van der Waals surface area (Å²) in [5.41, 5.74) is 0.366. The van der Waals surface area contributed by atoms with E-state index in [9.17, 15) is 9.59 Å². The van der Waals surface area contributed by atoms with Crippen molar-refractivity contribution in [3.05, 3.63) is 33.3 Å². The van der Waals surface area contributed by atoms with E-state index in [1.165, 1.54) is 0 Å². The van der Waals surface area contributed by atoms with Crippen molar-refractivity contribution in [2.75, 3.05) is 13.2 Å². The lowest BCUT2D eigenvalue weighted by Crippen LogP contribution is -2.34. The first kappa shape index (κ1) is 12.7. The minimum Gasteiger partial charge on any atom is -0.380 e. The topological polar surface area (TPSA) is 43.4 Å². The summed E-state index contributed by atoms with van der Waals surface area (Å²) in [6, 6.07) is 5.01. The summed E-state index contributed by atoms with van der Waals surface area (Å²) in [7, 11) is 0. The Hall–Kier alpha value is -0.710.